The van der Waals surface area contributed by atoms with Crippen LogP contribution in [-0.2, 0) is 45.4 Å². The molecule has 0 spiro atoms. The van der Waals surface area contributed by atoms with Crippen LogP contribution in [0.15, 0.2) is 341 Å². The first-order chi connectivity index (χ1) is 57.1. The van der Waals surface area contributed by atoms with E-state index in [2.05, 4.69) is 88.4 Å². The maximum atomic E-state index is 12.3. The monoisotopic (exact) mass is 1790 g/mol. The molecular weight excluding hydrogens is 1740 g/mol. The number of benzene rings is 8. The molecule has 8 heterocycles. The fraction of sp³-hybridized carbons (Fsp3) is 0.0455. The lowest BCUT2D eigenvalue weighted by atomic mass is 10.1. The maximum absolute atomic E-state index is 12.3. The minimum absolute atomic E-state index is 0.0232. The van der Waals surface area contributed by atoms with Crippen molar-refractivity contribution in [1.82, 2.24) is 40.6 Å². The summed E-state index contributed by atoms with van der Waals surface area (Å²) in [6.07, 6.45) is 5.62. The standard InChI is InChI=1S/3C22H15BrN2O4.C22H14Cl2N2O4/c23-17-6-4-5-15(11-17)20-12-19(29-25-20)14-27-22(26)16-9-10-21(24-13-16)28-18-7-2-1-3-8-18;23-19-9-5-4-8-18(19)20-12-17(29-25-20)14-27-22(26)15-10-11-21(24-13-15)28-16-6-2-1-3-7-16;23-17-9-6-15(7-10-17)20-12-19(29-25-20)14-27-22(26)16-8-11-21(24-13-16)28-18-4-2-1-3-5-18;23-15-7-8-18(19(24)10-15)20-11-17(30-26-20)13-28-22(27)14-6-9-21(25-12-14)29-16-4-2-1-3-5-16/h3*1-13H,14H2;1-12H,13H2. The number of rotatable bonds is 24. The molecule has 0 atom stereocenters. The quantitative estimate of drug-likeness (QED) is 0.0401. The van der Waals surface area contributed by atoms with Gasteiger partial charge >= 0.3 is 23.9 Å². The minimum Gasteiger partial charge on any atom is -0.454 e. The van der Waals surface area contributed by atoms with Crippen molar-refractivity contribution < 1.29 is 75.2 Å². The van der Waals surface area contributed by atoms with Crippen LogP contribution >= 0.6 is 71.0 Å². The number of esters is 4. The second-order valence-corrected chi connectivity index (χ2v) is 27.9. The first-order valence-electron chi connectivity index (χ1n) is 35.1. The second-order valence-electron chi connectivity index (χ2n) is 24.3. The summed E-state index contributed by atoms with van der Waals surface area (Å²) in [5, 5.41) is 17.0. The average Bonchev–Trinajstić information content (AvgIpc) is 1.74. The van der Waals surface area contributed by atoms with Crippen LogP contribution in [0.4, 0.5) is 0 Å². The molecule has 0 radical (unpaired) electrons. The van der Waals surface area contributed by atoms with Crippen molar-refractivity contribution >= 4 is 94.9 Å². The molecule has 16 rings (SSSR count). The molecule has 0 saturated heterocycles. The highest BCUT2D eigenvalue weighted by Gasteiger charge is 2.19. The zero-order valence-corrected chi connectivity index (χ0v) is 67.0. The van der Waals surface area contributed by atoms with E-state index in [0.717, 1.165) is 30.1 Å². The van der Waals surface area contributed by atoms with Gasteiger partial charge in [-0.15, -0.1) is 0 Å². The van der Waals surface area contributed by atoms with Gasteiger partial charge in [-0.05, 0) is 121 Å². The summed E-state index contributed by atoms with van der Waals surface area (Å²) >= 11 is 22.4. The molecule has 0 N–H and O–H groups in total. The number of hydrogen-bond acceptors (Lipinski definition) is 24. The molecule has 0 bridgehead atoms. The third-order valence-corrected chi connectivity index (χ3v) is 18.2. The molecule has 29 heteroatoms. The molecule has 117 heavy (non-hydrogen) atoms. The Morgan fingerprint density at radius 1 is 0.299 bits per heavy atom. The zero-order valence-electron chi connectivity index (χ0n) is 60.8. The molecule has 0 aliphatic rings. The highest BCUT2D eigenvalue weighted by Crippen LogP contribution is 2.33. The molecule has 0 aliphatic carbocycles. The van der Waals surface area contributed by atoms with E-state index in [9.17, 15) is 19.2 Å². The Balaban J connectivity index is 0.000000135. The SMILES string of the molecule is O=C(OCc1cc(-c2ccc(Br)cc2)no1)c1ccc(Oc2ccccc2)nc1.O=C(OCc1cc(-c2ccc(Cl)cc2Cl)no1)c1ccc(Oc2ccccc2)nc1.O=C(OCc1cc(-c2cccc(Br)c2)no1)c1ccc(Oc2ccccc2)nc1.O=C(OCc1cc(-c2ccccc2Br)no1)c1ccc(Oc2ccccc2)nc1. The van der Waals surface area contributed by atoms with Gasteiger partial charge in [0.15, 0.2) is 49.5 Å². The fourth-order valence-electron chi connectivity index (χ4n) is 10.2. The second kappa shape index (κ2) is 40.9. The first-order valence-corrected chi connectivity index (χ1v) is 38.2. The van der Waals surface area contributed by atoms with Gasteiger partial charge in [0.05, 0.1) is 27.3 Å². The van der Waals surface area contributed by atoms with Gasteiger partial charge in [-0.2, -0.15) is 0 Å². The fourth-order valence-corrected chi connectivity index (χ4v) is 11.9. The van der Waals surface area contributed by atoms with E-state index >= 15 is 0 Å². The van der Waals surface area contributed by atoms with E-state index in [4.69, 9.17) is 79.2 Å². The lowest BCUT2D eigenvalue weighted by Gasteiger charge is -2.05. The van der Waals surface area contributed by atoms with E-state index < -0.39 is 23.9 Å². The lowest BCUT2D eigenvalue weighted by Crippen LogP contribution is -2.05. The van der Waals surface area contributed by atoms with Crippen LogP contribution in [0.3, 0.4) is 0 Å². The van der Waals surface area contributed by atoms with E-state index in [-0.39, 0.29) is 32.0 Å². The van der Waals surface area contributed by atoms with Crippen molar-refractivity contribution in [2.45, 2.75) is 26.4 Å². The number of pyridine rings is 4. The molecule has 8 aromatic carbocycles. The zero-order chi connectivity index (χ0) is 81.1. The Morgan fingerprint density at radius 2 is 0.641 bits per heavy atom. The number of aromatic nitrogens is 8. The molecule has 582 valence electrons. The smallest absolute Gasteiger partial charge is 0.340 e. The van der Waals surface area contributed by atoms with Crippen LogP contribution in [0.2, 0.25) is 10.0 Å². The molecule has 0 unspecified atom stereocenters. The van der Waals surface area contributed by atoms with E-state index in [1.807, 2.05) is 194 Å². The Kier molecular flexibility index (Phi) is 28.4. The van der Waals surface area contributed by atoms with Crippen molar-refractivity contribution in [3.63, 3.8) is 0 Å². The van der Waals surface area contributed by atoms with E-state index in [1.54, 1.807) is 91.0 Å². The van der Waals surface area contributed by atoms with E-state index in [1.165, 1.54) is 24.8 Å². The number of para-hydroxylation sites is 4. The molecule has 0 aliphatic heterocycles. The summed E-state index contributed by atoms with van der Waals surface area (Å²) in [6.45, 7) is -0.162. The third-order valence-electron chi connectivity index (χ3n) is 16.0. The van der Waals surface area contributed by atoms with Gasteiger partial charge in [-0.3, -0.25) is 0 Å². The number of nitrogens with zero attached hydrogens (tertiary/aromatic N) is 8. The summed E-state index contributed by atoms with van der Waals surface area (Å²) in [5.41, 5.74) is 7.13. The molecule has 0 amide bonds. The normalized spacial score (nSPS) is 10.5. The predicted molar refractivity (Wildman–Crippen MR) is 440 cm³/mol. The van der Waals surface area contributed by atoms with Gasteiger partial charge in [0.1, 0.15) is 45.8 Å². The van der Waals surface area contributed by atoms with Crippen LogP contribution in [-0.4, -0.2) is 64.4 Å². The number of carbonyl (C=O) groups is 4. The number of halogens is 5. The van der Waals surface area contributed by atoms with Crippen molar-refractivity contribution in [1.29, 1.82) is 0 Å². The van der Waals surface area contributed by atoms with Gasteiger partial charge in [0.25, 0.3) is 0 Å². The van der Waals surface area contributed by atoms with Crippen molar-refractivity contribution in [2.75, 3.05) is 0 Å². The summed E-state index contributed by atoms with van der Waals surface area (Å²) in [5.74, 6) is 3.85. The first kappa shape index (κ1) is 81.3. The summed E-state index contributed by atoms with van der Waals surface area (Å²) in [7, 11) is 0. The number of hydrogen-bond donors (Lipinski definition) is 0. The Hall–Kier alpha value is -13.7. The summed E-state index contributed by atoms with van der Waals surface area (Å²) in [4.78, 5) is 65.5. The van der Waals surface area contributed by atoms with E-state index in [0.29, 0.717) is 125 Å². The Labute approximate surface area is 702 Å². The highest BCUT2D eigenvalue weighted by atomic mass is 79.9. The molecule has 24 nitrogen and oxygen atoms in total. The number of carbonyl (C=O) groups excluding carboxylic acids is 4. The Bertz CT molecular complexity index is 5940. The lowest BCUT2D eigenvalue weighted by molar-refractivity contribution is 0.0429. The van der Waals surface area contributed by atoms with Gasteiger partial charge in [0.2, 0.25) is 23.5 Å². The molecule has 0 saturated carbocycles. The van der Waals surface area contributed by atoms with Crippen molar-refractivity contribution in [2.24, 2.45) is 0 Å². The molecule has 16 aromatic rings. The van der Waals surface area contributed by atoms with Crippen molar-refractivity contribution in [3.05, 3.63) is 379 Å². The largest absolute Gasteiger partial charge is 0.454 e. The highest BCUT2D eigenvalue weighted by molar-refractivity contribution is 9.11. The summed E-state index contributed by atoms with van der Waals surface area (Å²) in [6, 6.07) is 84.8. The van der Waals surface area contributed by atoms with Crippen LogP contribution < -0.4 is 18.9 Å². The van der Waals surface area contributed by atoms with Gasteiger partial charge in [-0.1, -0.05) is 207 Å². The summed E-state index contributed by atoms with van der Waals surface area (Å²) < 4.78 is 67.3. The minimum atomic E-state index is -0.545. The van der Waals surface area contributed by atoms with Crippen molar-refractivity contribution in [3.8, 4) is 91.5 Å². The molecule has 8 aromatic heterocycles. The van der Waals surface area contributed by atoms with Gasteiger partial charge in [0, 0.05) is 114 Å². The van der Waals surface area contributed by atoms with Gasteiger partial charge < -0.3 is 56.0 Å². The average molecular weight is 1800 g/mol. The molecular formula is C88H59Br3Cl2N8O16. The topological polar surface area (TPSA) is 298 Å². The van der Waals surface area contributed by atoms with Crippen LogP contribution in [0.5, 0.6) is 46.5 Å². The Morgan fingerprint density at radius 3 is 0.991 bits per heavy atom. The third kappa shape index (κ3) is 24.2. The number of ether oxygens (including phenoxy) is 8. The van der Waals surface area contributed by atoms with Crippen LogP contribution in [0.1, 0.15) is 64.5 Å². The predicted octanol–water partition coefficient (Wildman–Crippen LogP) is 23.1. The van der Waals surface area contributed by atoms with Gasteiger partial charge in [-0.25, -0.2) is 39.1 Å². The van der Waals surface area contributed by atoms with Crippen LogP contribution in [0.25, 0.3) is 45.0 Å². The molecule has 0 fully saturated rings. The maximum Gasteiger partial charge on any atom is 0.340 e. The van der Waals surface area contributed by atoms with Crippen LogP contribution in [0, 0.1) is 0 Å².